The van der Waals surface area contributed by atoms with Crippen LogP contribution >= 0.6 is 0 Å². The molecule has 0 aromatic rings. The molecule has 0 amide bonds. The summed E-state index contributed by atoms with van der Waals surface area (Å²) in [5, 5.41) is 3.23. The first kappa shape index (κ1) is 33.5. The molecule has 0 aromatic heterocycles. The van der Waals surface area contributed by atoms with Crippen LogP contribution in [0.5, 0.6) is 0 Å². The summed E-state index contributed by atoms with van der Waals surface area (Å²) in [5.74, 6) is 2.13. The Morgan fingerprint density at radius 3 is 0.879 bits per heavy atom. The van der Waals surface area contributed by atoms with Gasteiger partial charge >= 0.3 is 0 Å². The third-order valence-electron chi connectivity index (χ3n) is 7.86. The van der Waals surface area contributed by atoms with Crippen molar-refractivity contribution in [3.05, 3.63) is 0 Å². The predicted molar refractivity (Wildman–Crippen MR) is 156 cm³/mol. The van der Waals surface area contributed by atoms with Crippen molar-refractivity contribution in [2.24, 2.45) is 11.8 Å². The molecule has 0 saturated heterocycles. The standard InChI is InChI=1S/2C16H33.Al/c2*1-4-6-8-10-11-13-15-16(3)14-12-9-7-5-2;/h2*16H,3-15H2,1-2H3;. The van der Waals surface area contributed by atoms with E-state index in [9.17, 15) is 0 Å². The van der Waals surface area contributed by atoms with E-state index >= 15 is 0 Å². The summed E-state index contributed by atoms with van der Waals surface area (Å²) in [5.41, 5.74) is 0. The quantitative estimate of drug-likeness (QED) is 0.0776. The third kappa shape index (κ3) is 25.4. The molecule has 197 valence electrons. The molecule has 0 heterocycles. The lowest BCUT2D eigenvalue weighted by Crippen LogP contribution is -2.10. The summed E-state index contributed by atoms with van der Waals surface area (Å²) in [6.07, 6.45) is 35.4. The van der Waals surface area contributed by atoms with E-state index in [-0.39, 0.29) is 0 Å². The number of unbranched alkanes of at least 4 members (excludes halogenated alkanes) is 16. The molecule has 0 spiro atoms. The normalized spacial score (nSPS) is 13.3. The van der Waals surface area contributed by atoms with Gasteiger partial charge < -0.3 is 0 Å². The van der Waals surface area contributed by atoms with Crippen molar-refractivity contribution in [2.45, 2.75) is 192 Å². The van der Waals surface area contributed by atoms with E-state index in [1.807, 2.05) is 0 Å². The highest BCUT2D eigenvalue weighted by atomic mass is 27.1. The van der Waals surface area contributed by atoms with Crippen LogP contribution in [0.4, 0.5) is 0 Å². The molecule has 0 saturated carbocycles. The average molecular weight is 478 g/mol. The number of hydrogen-bond donors (Lipinski definition) is 0. The Kier molecular flexibility index (Phi) is 29.2. The van der Waals surface area contributed by atoms with Crippen molar-refractivity contribution in [1.29, 1.82) is 0 Å². The van der Waals surface area contributed by atoms with Gasteiger partial charge in [-0.3, -0.25) is 0 Å². The van der Waals surface area contributed by atoms with E-state index in [2.05, 4.69) is 27.7 Å². The molecule has 0 N–H and O–H groups in total. The second kappa shape index (κ2) is 28.8. The first-order valence-electron chi connectivity index (χ1n) is 16.1. The minimum absolute atomic E-state index is 0.692. The van der Waals surface area contributed by atoms with E-state index in [1.54, 1.807) is 36.2 Å². The van der Waals surface area contributed by atoms with Gasteiger partial charge in [0.25, 0.3) is 0 Å². The first-order valence-corrected chi connectivity index (χ1v) is 17.7. The van der Waals surface area contributed by atoms with Crippen molar-refractivity contribution >= 4 is 15.2 Å². The smallest absolute Gasteiger partial charge is 0.101 e. The summed E-state index contributed by atoms with van der Waals surface area (Å²) in [6.45, 7) is 9.36. The molecule has 0 fully saturated rings. The van der Waals surface area contributed by atoms with E-state index in [4.69, 9.17) is 0 Å². The van der Waals surface area contributed by atoms with Gasteiger partial charge in [-0.2, -0.15) is 0 Å². The Hall–Kier alpha value is 0.532. The topological polar surface area (TPSA) is 0 Å². The molecule has 0 aliphatic carbocycles. The van der Waals surface area contributed by atoms with Gasteiger partial charge in [-0.25, -0.2) is 0 Å². The van der Waals surface area contributed by atoms with Crippen LogP contribution in [-0.2, 0) is 0 Å². The largest absolute Gasteiger partial charge is 0.200 e. The monoisotopic (exact) mass is 477 g/mol. The highest BCUT2D eigenvalue weighted by Gasteiger charge is 2.13. The summed E-state index contributed by atoms with van der Waals surface area (Å²) >= 11 is 0.692. The fourth-order valence-electron chi connectivity index (χ4n) is 5.47. The number of rotatable bonds is 28. The highest BCUT2D eigenvalue weighted by molar-refractivity contribution is 6.35. The molecular formula is C32H66Al. The van der Waals surface area contributed by atoms with E-state index < -0.39 is 0 Å². The van der Waals surface area contributed by atoms with Crippen LogP contribution in [0.25, 0.3) is 0 Å². The van der Waals surface area contributed by atoms with Crippen molar-refractivity contribution in [3.63, 3.8) is 0 Å². The molecule has 2 atom stereocenters. The lowest BCUT2D eigenvalue weighted by atomic mass is 9.95. The summed E-state index contributed by atoms with van der Waals surface area (Å²) < 4.78 is 0. The molecule has 1 radical (unpaired) electrons. The lowest BCUT2D eigenvalue weighted by molar-refractivity contribution is 0.421. The van der Waals surface area contributed by atoms with Crippen LogP contribution in [0.2, 0.25) is 10.6 Å². The van der Waals surface area contributed by atoms with Crippen molar-refractivity contribution in [1.82, 2.24) is 0 Å². The molecule has 0 aliphatic heterocycles. The summed E-state index contributed by atoms with van der Waals surface area (Å²) in [6, 6.07) is 0. The van der Waals surface area contributed by atoms with Crippen LogP contribution < -0.4 is 0 Å². The van der Waals surface area contributed by atoms with Crippen LogP contribution in [0.1, 0.15) is 182 Å². The van der Waals surface area contributed by atoms with Gasteiger partial charge in [0.1, 0.15) is 0 Å². The van der Waals surface area contributed by atoms with Gasteiger partial charge in [-0.05, 0) is 0 Å². The maximum Gasteiger partial charge on any atom is 0.200 e. The fourth-order valence-corrected chi connectivity index (χ4v) is 7.55. The van der Waals surface area contributed by atoms with Gasteiger partial charge in [-0.1, -0.05) is 194 Å². The second-order valence-corrected chi connectivity index (χ2v) is 12.8. The van der Waals surface area contributed by atoms with Crippen molar-refractivity contribution in [2.75, 3.05) is 0 Å². The van der Waals surface area contributed by atoms with E-state index in [0.29, 0.717) is 15.2 Å². The van der Waals surface area contributed by atoms with Crippen LogP contribution in [0.3, 0.4) is 0 Å². The van der Waals surface area contributed by atoms with Crippen LogP contribution in [0, 0.1) is 11.8 Å². The highest BCUT2D eigenvalue weighted by Crippen LogP contribution is 2.26. The molecule has 0 rings (SSSR count). The van der Waals surface area contributed by atoms with E-state index in [0.717, 1.165) is 11.8 Å². The van der Waals surface area contributed by atoms with Crippen LogP contribution in [0.15, 0.2) is 0 Å². The molecule has 1 heteroatoms. The molecule has 33 heavy (non-hydrogen) atoms. The SMILES string of the molecule is CCCCCCCCC(CCCCCC)[CH2][Al][CH2]C(CCCCCC)CCCCCCCC. The lowest BCUT2D eigenvalue weighted by Gasteiger charge is -2.20. The maximum absolute atomic E-state index is 2.35. The van der Waals surface area contributed by atoms with Gasteiger partial charge in [0.15, 0.2) is 0 Å². The Labute approximate surface area is 219 Å². The van der Waals surface area contributed by atoms with Gasteiger partial charge in [0, 0.05) is 0 Å². The second-order valence-electron chi connectivity index (χ2n) is 11.3. The van der Waals surface area contributed by atoms with Crippen molar-refractivity contribution < 1.29 is 0 Å². The van der Waals surface area contributed by atoms with Crippen molar-refractivity contribution in [3.8, 4) is 0 Å². The molecule has 0 bridgehead atoms. The fraction of sp³-hybridized carbons (Fsp3) is 1.00. The Balaban J connectivity index is 4.31. The van der Waals surface area contributed by atoms with Gasteiger partial charge in [-0.15, -0.1) is 10.6 Å². The Morgan fingerprint density at radius 1 is 0.333 bits per heavy atom. The maximum atomic E-state index is 2.35. The molecule has 2 unspecified atom stereocenters. The minimum Gasteiger partial charge on any atom is -0.101 e. The Bertz CT molecular complexity index is 307. The summed E-state index contributed by atoms with van der Waals surface area (Å²) in [7, 11) is 0. The molecule has 0 aromatic carbocycles. The molecule has 0 aliphatic rings. The zero-order valence-electron chi connectivity index (χ0n) is 24.1. The Morgan fingerprint density at radius 2 is 0.576 bits per heavy atom. The van der Waals surface area contributed by atoms with Crippen LogP contribution in [-0.4, -0.2) is 15.2 Å². The zero-order chi connectivity index (χ0) is 24.2. The molecular weight excluding hydrogens is 411 g/mol. The average Bonchev–Trinajstić information content (AvgIpc) is 2.82. The zero-order valence-corrected chi connectivity index (χ0v) is 25.3. The first-order chi connectivity index (χ1) is 16.3. The predicted octanol–water partition coefficient (Wildman–Crippen LogP) is 12.2. The minimum atomic E-state index is 0.692. The summed E-state index contributed by atoms with van der Waals surface area (Å²) in [4.78, 5) is 0. The van der Waals surface area contributed by atoms with Gasteiger partial charge in [0.2, 0.25) is 15.2 Å². The molecule has 0 nitrogen and oxygen atoms in total. The third-order valence-corrected chi connectivity index (χ3v) is 9.86. The van der Waals surface area contributed by atoms with Gasteiger partial charge in [0.05, 0.1) is 0 Å². The number of hydrogen-bond acceptors (Lipinski definition) is 0. The van der Waals surface area contributed by atoms with E-state index in [1.165, 1.54) is 128 Å².